The molecule has 1 aliphatic rings. The Morgan fingerprint density at radius 2 is 2.38 bits per heavy atom. The topological polar surface area (TPSA) is 57.0 Å². The highest BCUT2D eigenvalue weighted by Gasteiger charge is 2.20. The molecule has 0 bridgehead atoms. The quantitative estimate of drug-likeness (QED) is 0.826. The van der Waals surface area contributed by atoms with Crippen molar-refractivity contribution in [2.24, 2.45) is 5.73 Å². The van der Waals surface area contributed by atoms with Crippen molar-refractivity contribution in [2.75, 3.05) is 0 Å². The zero-order valence-corrected chi connectivity index (χ0v) is 9.44. The molecule has 3 rings (SSSR count). The zero-order chi connectivity index (χ0) is 11.1. The second kappa shape index (κ2) is 3.64. The molecule has 5 heteroatoms. The average molecular weight is 238 g/mol. The molecule has 16 heavy (non-hydrogen) atoms. The number of hydrogen-bond donors (Lipinski definition) is 1. The van der Waals surface area contributed by atoms with Crippen molar-refractivity contribution < 1.29 is 4.42 Å². The first-order valence-corrected chi connectivity index (χ1v) is 5.67. The molecule has 0 saturated heterocycles. The minimum Gasteiger partial charge on any atom is -0.441 e. The van der Waals surface area contributed by atoms with Crippen LogP contribution in [-0.2, 0) is 13.0 Å². The van der Waals surface area contributed by atoms with Crippen LogP contribution in [0.2, 0.25) is 5.22 Å². The SMILES string of the molecule is NC1CCn2c(cnc2-c2ccc(Cl)o2)C1. The molecule has 0 amide bonds. The standard InChI is InChI=1S/C11H12ClN3O/c12-10-2-1-9(16-10)11-14-6-8-5-7(13)3-4-15(8)11/h1-2,6-7H,3-5,13H2. The van der Waals surface area contributed by atoms with Gasteiger partial charge in [-0.25, -0.2) is 4.98 Å². The van der Waals surface area contributed by atoms with Gasteiger partial charge in [-0.3, -0.25) is 0 Å². The summed E-state index contributed by atoms with van der Waals surface area (Å²) in [6.45, 7) is 0.893. The van der Waals surface area contributed by atoms with Crippen molar-refractivity contribution in [2.45, 2.75) is 25.4 Å². The normalized spacial score (nSPS) is 19.8. The molecule has 0 aliphatic carbocycles. The summed E-state index contributed by atoms with van der Waals surface area (Å²) in [5.41, 5.74) is 7.08. The maximum Gasteiger partial charge on any atom is 0.194 e. The molecular formula is C11H12ClN3O. The van der Waals surface area contributed by atoms with Gasteiger partial charge in [-0.1, -0.05) is 0 Å². The molecule has 4 nitrogen and oxygen atoms in total. The van der Waals surface area contributed by atoms with Crippen LogP contribution in [-0.4, -0.2) is 15.6 Å². The highest BCUT2D eigenvalue weighted by Crippen LogP contribution is 2.27. The van der Waals surface area contributed by atoms with Crippen LogP contribution in [0.3, 0.4) is 0 Å². The molecule has 0 fully saturated rings. The van der Waals surface area contributed by atoms with E-state index in [0.717, 1.165) is 25.2 Å². The van der Waals surface area contributed by atoms with Gasteiger partial charge in [0.05, 0.1) is 0 Å². The Morgan fingerprint density at radius 1 is 1.50 bits per heavy atom. The molecular weight excluding hydrogens is 226 g/mol. The molecule has 1 atom stereocenters. The summed E-state index contributed by atoms with van der Waals surface area (Å²) in [4.78, 5) is 4.37. The first-order chi connectivity index (χ1) is 7.74. The monoisotopic (exact) mass is 237 g/mol. The fraction of sp³-hybridized carbons (Fsp3) is 0.364. The lowest BCUT2D eigenvalue weighted by Gasteiger charge is -2.21. The van der Waals surface area contributed by atoms with Crippen molar-refractivity contribution in [1.29, 1.82) is 0 Å². The summed E-state index contributed by atoms with van der Waals surface area (Å²) >= 11 is 5.76. The molecule has 1 aliphatic heterocycles. The first-order valence-electron chi connectivity index (χ1n) is 5.30. The summed E-state index contributed by atoms with van der Waals surface area (Å²) in [5.74, 6) is 1.56. The van der Waals surface area contributed by atoms with Crippen molar-refractivity contribution in [3.63, 3.8) is 0 Å². The average Bonchev–Trinajstić information content (AvgIpc) is 2.83. The van der Waals surface area contributed by atoms with Gasteiger partial charge in [-0.15, -0.1) is 0 Å². The van der Waals surface area contributed by atoms with E-state index in [1.165, 1.54) is 5.69 Å². The third-order valence-corrected chi connectivity index (χ3v) is 3.13. The van der Waals surface area contributed by atoms with Crippen LogP contribution in [0.1, 0.15) is 12.1 Å². The van der Waals surface area contributed by atoms with Gasteiger partial charge in [-0.05, 0) is 30.2 Å². The number of aromatic nitrogens is 2. The molecule has 1 unspecified atom stereocenters. The Bertz CT molecular complexity index is 517. The third kappa shape index (κ3) is 1.54. The minimum atomic E-state index is 0.247. The van der Waals surface area contributed by atoms with Crippen LogP contribution in [0.25, 0.3) is 11.6 Å². The molecule has 2 aromatic rings. The smallest absolute Gasteiger partial charge is 0.194 e. The van der Waals surface area contributed by atoms with Gasteiger partial charge in [-0.2, -0.15) is 0 Å². The summed E-state index contributed by atoms with van der Waals surface area (Å²) < 4.78 is 7.52. The highest BCUT2D eigenvalue weighted by atomic mass is 35.5. The summed E-state index contributed by atoms with van der Waals surface area (Å²) in [7, 11) is 0. The molecule has 0 spiro atoms. The van der Waals surface area contributed by atoms with E-state index >= 15 is 0 Å². The van der Waals surface area contributed by atoms with Gasteiger partial charge in [0.25, 0.3) is 0 Å². The van der Waals surface area contributed by atoms with Gasteiger partial charge in [0, 0.05) is 30.9 Å². The predicted molar refractivity (Wildman–Crippen MR) is 61.2 cm³/mol. The number of furan rings is 1. The first kappa shape index (κ1) is 9.93. The molecule has 0 radical (unpaired) electrons. The minimum absolute atomic E-state index is 0.247. The Labute approximate surface area is 98.0 Å². The van der Waals surface area contributed by atoms with E-state index in [1.807, 2.05) is 12.3 Å². The van der Waals surface area contributed by atoms with Crippen molar-refractivity contribution in [3.8, 4) is 11.6 Å². The Balaban J connectivity index is 2.03. The number of nitrogens with two attached hydrogens (primary N) is 1. The van der Waals surface area contributed by atoms with Crippen LogP contribution in [0, 0.1) is 0 Å². The van der Waals surface area contributed by atoms with E-state index < -0.39 is 0 Å². The molecule has 84 valence electrons. The molecule has 3 heterocycles. The molecule has 2 aromatic heterocycles. The lowest BCUT2D eigenvalue weighted by molar-refractivity contribution is 0.469. The van der Waals surface area contributed by atoms with Crippen LogP contribution < -0.4 is 5.73 Å². The maximum atomic E-state index is 5.92. The third-order valence-electron chi connectivity index (χ3n) is 2.93. The van der Waals surface area contributed by atoms with Gasteiger partial charge < -0.3 is 14.7 Å². The predicted octanol–water partition coefficient (Wildman–Crippen LogP) is 2.07. The largest absolute Gasteiger partial charge is 0.441 e. The van der Waals surface area contributed by atoms with E-state index in [9.17, 15) is 0 Å². The number of rotatable bonds is 1. The van der Waals surface area contributed by atoms with Crippen molar-refractivity contribution in [1.82, 2.24) is 9.55 Å². The van der Waals surface area contributed by atoms with Crippen molar-refractivity contribution in [3.05, 3.63) is 29.2 Å². The number of hydrogen-bond acceptors (Lipinski definition) is 3. The van der Waals surface area contributed by atoms with Crippen LogP contribution in [0.5, 0.6) is 0 Å². The van der Waals surface area contributed by atoms with Crippen molar-refractivity contribution >= 4 is 11.6 Å². The summed E-state index contributed by atoms with van der Waals surface area (Å²) in [6.07, 6.45) is 3.72. The Kier molecular flexibility index (Phi) is 2.26. The number of halogens is 1. The fourth-order valence-electron chi connectivity index (χ4n) is 2.12. The highest BCUT2D eigenvalue weighted by molar-refractivity contribution is 6.28. The maximum absolute atomic E-state index is 5.92. The van der Waals surface area contributed by atoms with Gasteiger partial charge in [0.1, 0.15) is 0 Å². The second-order valence-corrected chi connectivity index (χ2v) is 4.45. The number of imidazole rings is 1. The van der Waals surface area contributed by atoms with Crippen LogP contribution in [0.15, 0.2) is 22.7 Å². The van der Waals surface area contributed by atoms with Crippen LogP contribution >= 0.6 is 11.6 Å². The number of fused-ring (bicyclic) bond motifs is 1. The Hall–Kier alpha value is -1.26. The van der Waals surface area contributed by atoms with E-state index in [1.54, 1.807) is 6.07 Å². The summed E-state index contributed by atoms with van der Waals surface area (Å²) in [6, 6.07) is 3.82. The lowest BCUT2D eigenvalue weighted by Crippen LogP contribution is -2.30. The van der Waals surface area contributed by atoms with Gasteiger partial charge in [0.2, 0.25) is 0 Å². The molecule has 2 N–H and O–H groups in total. The van der Waals surface area contributed by atoms with Gasteiger partial charge in [0.15, 0.2) is 16.8 Å². The van der Waals surface area contributed by atoms with Gasteiger partial charge >= 0.3 is 0 Å². The Morgan fingerprint density at radius 3 is 3.12 bits per heavy atom. The second-order valence-electron chi connectivity index (χ2n) is 4.08. The summed E-state index contributed by atoms with van der Waals surface area (Å²) in [5, 5.41) is 0.389. The van der Waals surface area contributed by atoms with E-state index in [4.69, 9.17) is 21.8 Å². The molecule has 0 aromatic carbocycles. The number of nitrogens with zero attached hydrogens (tertiary/aromatic N) is 2. The van der Waals surface area contributed by atoms with E-state index in [0.29, 0.717) is 11.0 Å². The zero-order valence-electron chi connectivity index (χ0n) is 8.69. The lowest BCUT2D eigenvalue weighted by atomic mass is 10.1. The fourth-order valence-corrected chi connectivity index (χ4v) is 2.27. The van der Waals surface area contributed by atoms with Crippen LogP contribution in [0.4, 0.5) is 0 Å². The molecule has 0 saturated carbocycles. The van der Waals surface area contributed by atoms with E-state index in [-0.39, 0.29) is 6.04 Å². The van der Waals surface area contributed by atoms with E-state index in [2.05, 4.69) is 9.55 Å².